The zero-order valence-electron chi connectivity index (χ0n) is 11.4. The minimum absolute atomic E-state index is 0.0493. The molecule has 1 saturated heterocycles. The number of carbonyl (C=O) groups is 1. The molecule has 3 rings (SSSR count). The first-order valence-electron chi connectivity index (χ1n) is 6.84. The molecule has 0 saturated carbocycles. The first-order chi connectivity index (χ1) is 10.2. The highest BCUT2D eigenvalue weighted by Gasteiger charge is 2.28. The van der Waals surface area contributed by atoms with E-state index in [-0.39, 0.29) is 12.0 Å². The number of rotatable bonds is 3. The number of amides is 1. The second kappa shape index (κ2) is 5.91. The number of ether oxygens (including phenoxy) is 1. The highest BCUT2D eigenvalue weighted by molar-refractivity contribution is 5.94. The van der Waals surface area contributed by atoms with Gasteiger partial charge in [0.05, 0.1) is 12.7 Å². The molecule has 5 heteroatoms. The van der Waals surface area contributed by atoms with Crippen LogP contribution in [-0.2, 0) is 0 Å². The van der Waals surface area contributed by atoms with Crippen molar-refractivity contribution in [1.82, 2.24) is 9.88 Å². The molecule has 108 valence electrons. The number of carbonyl (C=O) groups excluding carboxylic acids is 1. The van der Waals surface area contributed by atoms with E-state index in [1.54, 1.807) is 35.5 Å². The van der Waals surface area contributed by atoms with Gasteiger partial charge in [-0.3, -0.25) is 9.78 Å². The van der Waals surface area contributed by atoms with Crippen molar-refractivity contribution in [2.75, 3.05) is 13.1 Å². The molecule has 1 amide bonds. The zero-order chi connectivity index (χ0) is 14.7. The largest absolute Gasteiger partial charge is 0.487 e. The van der Waals surface area contributed by atoms with Crippen LogP contribution in [0.1, 0.15) is 16.8 Å². The summed E-state index contributed by atoms with van der Waals surface area (Å²) in [6.45, 7) is 1.12. The maximum atomic E-state index is 13.2. The van der Waals surface area contributed by atoms with Crippen LogP contribution in [0.25, 0.3) is 0 Å². The molecule has 4 nitrogen and oxygen atoms in total. The molecule has 1 aromatic heterocycles. The molecule has 0 spiro atoms. The Bertz CT molecular complexity index is 633. The van der Waals surface area contributed by atoms with E-state index < -0.39 is 5.82 Å². The quantitative estimate of drug-likeness (QED) is 0.870. The van der Waals surface area contributed by atoms with Gasteiger partial charge < -0.3 is 9.64 Å². The second-order valence-corrected chi connectivity index (χ2v) is 4.98. The maximum absolute atomic E-state index is 13.2. The fraction of sp³-hybridized carbons (Fsp3) is 0.250. The lowest BCUT2D eigenvalue weighted by molar-refractivity contribution is 0.0772. The zero-order valence-corrected chi connectivity index (χ0v) is 11.4. The van der Waals surface area contributed by atoms with Crippen LogP contribution in [0, 0.1) is 5.82 Å². The number of benzene rings is 1. The van der Waals surface area contributed by atoms with Crippen molar-refractivity contribution in [3.8, 4) is 5.75 Å². The van der Waals surface area contributed by atoms with Crippen LogP contribution in [0.2, 0.25) is 0 Å². The lowest BCUT2D eigenvalue weighted by Gasteiger charge is -2.17. The number of hydrogen-bond donors (Lipinski definition) is 0. The summed E-state index contributed by atoms with van der Waals surface area (Å²) in [6.07, 6.45) is 4.04. The Morgan fingerprint density at radius 1 is 1.33 bits per heavy atom. The minimum atomic E-state index is -0.400. The predicted octanol–water partition coefficient (Wildman–Crippen LogP) is 2.51. The number of likely N-dealkylation sites (tertiary alicyclic amines) is 1. The smallest absolute Gasteiger partial charge is 0.254 e. The molecule has 1 aliphatic rings. The highest BCUT2D eigenvalue weighted by Crippen LogP contribution is 2.19. The van der Waals surface area contributed by atoms with Gasteiger partial charge in [-0.15, -0.1) is 0 Å². The standard InChI is InChI=1S/C16H15FN2O2/c17-13-4-1-3-12(9-13)16(20)19-8-6-15(11-19)21-14-5-2-7-18-10-14/h1-5,7,9-10,15H,6,8,11H2. The molecule has 1 atom stereocenters. The molecular weight excluding hydrogens is 271 g/mol. The third-order valence-corrected chi connectivity index (χ3v) is 3.44. The Kier molecular flexibility index (Phi) is 3.81. The van der Waals surface area contributed by atoms with Crippen LogP contribution in [0.4, 0.5) is 4.39 Å². The normalized spacial score (nSPS) is 17.8. The highest BCUT2D eigenvalue weighted by atomic mass is 19.1. The Morgan fingerprint density at radius 2 is 2.24 bits per heavy atom. The molecule has 0 radical (unpaired) electrons. The summed E-state index contributed by atoms with van der Waals surface area (Å²) in [7, 11) is 0. The fourth-order valence-corrected chi connectivity index (χ4v) is 2.42. The number of halogens is 1. The molecule has 0 bridgehead atoms. The van der Waals surface area contributed by atoms with Crippen LogP contribution in [-0.4, -0.2) is 35.0 Å². The summed E-state index contributed by atoms with van der Waals surface area (Å²) in [6, 6.07) is 9.40. The van der Waals surface area contributed by atoms with E-state index in [1.165, 1.54) is 12.1 Å². The van der Waals surface area contributed by atoms with E-state index in [4.69, 9.17) is 4.74 Å². The van der Waals surface area contributed by atoms with E-state index in [0.29, 0.717) is 24.4 Å². The summed E-state index contributed by atoms with van der Waals surface area (Å²) in [5, 5.41) is 0. The molecule has 1 aliphatic heterocycles. The molecule has 0 N–H and O–H groups in total. The third kappa shape index (κ3) is 3.18. The summed E-state index contributed by atoms with van der Waals surface area (Å²) in [5.41, 5.74) is 0.372. The van der Waals surface area contributed by atoms with E-state index >= 15 is 0 Å². The van der Waals surface area contributed by atoms with Crippen molar-refractivity contribution in [1.29, 1.82) is 0 Å². The Hall–Kier alpha value is -2.43. The lowest BCUT2D eigenvalue weighted by Crippen LogP contribution is -2.31. The first-order valence-corrected chi connectivity index (χ1v) is 6.84. The Morgan fingerprint density at radius 3 is 3.00 bits per heavy atom. The van der Waals surface area contributed by atoms with Crippen molar-refractivity contribution < 1.29 is 13.9 Å². The van der Waals surface area contributed by atoms with Crippen LogP contribution in [0.3, 0.4) is 0 Å². The van der Waals surface area contributed by atoms with E-state index in [0.717, 1.165) is 6.42 Å². The maximum Gasteiger partial charge on any atom is 0.254 e. The van der Waals surface area contributed by atoms with Crippen LogP contribution < -0.4 is 4.74 Å². The average molecular weight is 286 g/mol. The molecule has 2 heterocycles. The van der Waals surface area contributed by atoms with Gasteiger partial charge in [0.1, 0.15) is 17.7 Å². The van der Waals surface area contributed by atoms with Crippen molar-refractivity contribution in [3.63, 3.8) is 0 Å². The second-order valence-electron chi connectivity index (χ2n) is 4.98. The van der Waals surface area contributed by atoms with Gasteiger partial charge in [0.2, 0.25) is 0 Å². The van der Waals surface area contributed by atoms with E-state index in [2.05, 4.69) is 4.98 Å². The van der Waals surface area contributed by atoms with Crippen molar-refractivity contribution in [2.24, 2.45) is 0 Å². The fourth-order valence-electron chi connectivity index (χ4n) is 2.42. The van der Waals surface area contributed by atoms with Gasteiger partial charge >= 0.3 is 0 Å². The van der Waals surface area contributed by atoms with Gasteiger partial charge in [-0.25, -0.2) is 4.39 Å². The Balaban J connectivity index is 1.63. The average Bonchev–Trinajstić information content (AvgIpc) is 2.96. The molecule has 2 aromatic rings. The first kappa shape index (κ1) is 13.5. The molecule has 1 unspecified atom stereocenters. The van der Waals surface area contributed by atoms with Gasteiger partial charge in [0.25, 0.3) is 5.91 Å². The molecule has 1 aromatic carbocycles. The number of aromatic nitrogens is 1. The van der Waals surface area contributed by atoms with Gasteiger partial charge in [-0.1, -0.05) is 6.07 Å². The summed E-state index contributed by atoms with van der Waals surface area (Å²) in [5.74, 6) is 0.137. The van der Waals surface area contributed by atoms with Crippen LogP contribution >= 0.6 is 0 Å². The predicted molar refractivity (Wildman–Crippen MR) is 75.6 cm³/mol. The van der Waals surface area contributed by atoms with E-state index in [1.807, 2.05) is 6.07 Å². The number of nitrogens with zero attached hydrogens (tertiary/aromatic N) is 2. The molecular formula is C16H15FN2O2. The SMILES string of the molecule is O=C(c1cccc(F)c1)N1CCC(Oc2cccnc2)C1. The van der Waals surface area contributed by atoms with Gasteiger partial charge in [0, 0.05) is 24.7 Å². The number of hydrogen-bond acceptors (Lipinski definition) is 3. The summed E-state index contributed by atoms with van der Waals surface area (Å²) >= 11 is 0. The molecule has 0 aliphatic carbocycles. The van der Waals surface area contributed by atoms with Crippen LogP contribution in [0.5, 0.6) is 5.75 Å². The number of pyridine rings is 1. The van der Waals surface area contributed by atoms with Gasteiger partial charge in [-0.2, -0.15) is 0 Å². The van der Waals surface area contributed by atoms with Gasteiger partial charge in [0.15, 0.2) is 0 Å². The van der Waals surface area contributed by atoms with Crippen molar-refractivity contribution >= 4 is 5.91 Å². The summed E-state index contributed by atoms with van der Waals surface area (Å²) in [4.78, 5) is 18.0. The Labute approximate surface area is 122 Å². The molecule has 21 heavy (non-hydrogen) atoms. The van der Waals surface area contributed by atoms with E-state index in [9.17, 15) is 9.18 Å². The monoisotopic (exact) mass is 286 g/mol. The molecule has 1 fully saturated rings. The third-order valence-electron chi connectivity index (χ3n) is 3.44. The van der Waals surface area contributed by atoms with Crippen molar-refractivity contribution in [3.05, 3.63) is 60.2 Å². The minimum Gasteiger partial charge on any atom is -0.487 e. The van der Waals surface area contributed by atoms with Crippen molar-refractivity contribution in [2.45, 2.75) is 12.5 Å². The topological polar surface area (TPSA) is 42.4 Å². The summed E-state index contributed by atoms with van der Waals surface area (Å²) < 4.78 is 19.0. The van der Waals surface area contributed by atoms with Gasteiger partial charge in [-0.05, 0) is 30.3 Å². The lowest BCUT2D eigenvalue weighted by atomic mass is 10.2. The van der Waals surface area contributed by atoms with Crippen LogP contribution in [0.15, 0.2) is 48.8 Å².